The van der Waals surface area contributed by atoms with Gasteiger partial charge in [0.1, 0.15) is 10.2 Å². The zero-order chi connectivity index (χ0) is 19.6. The fraction of sp³-hybridized carbons (Fsp3) is 0.476. The lowest BCUT2D eigenvalue weighted by molar-refractivity contribution is 0.224. The Hall–Kier alpha value is -1.79. The second-order valence-corrected chi connectivity index (χ2v) is 8.58. The predicted molar refractivity (Wildman–Crippen MR) is 114 cm³/mol. The minimum absolute atomic E-state index is 0.173. The minimum atomic E-state index is -0.173. The van der Waals surface area contributed by atoms with Crippen molar-refractivity contribution in [3.05, 3.63) is 56.4 Å². The molecule has 2 atom stereocenters. The average molecular weight is 431 g/mol. The van der Waals surface area contributed by atoms with Gasteiger partial charge in [0, 0.05) is 32.3 Å². The van der Waals surface area contributed by atoms with Crippen molar-refractivity contribution in [1.82, 2.24) is 14.7 Å². The van der Waals surface area contributed by atoms with E-state index in [0.717, 1.165) is 19.5 Å². The average Bonchev–Trinajstić information content (AvgIpc) is 2.65. The largest absolute Gasteiger partial charge is 0.305 e. The van der Waals surface area contributed by atoms with Crippen LogP contribution in [0.1, 0.15) is 43.2 Å². The Morgan fingerprint density at radius 1 is 1.22 bits per heavy atom. The van der Waals surface area contributed by atoms with E-state index in [2.05, 4.69) is 76.1 Å². The van der Waals surface area contributed by atoms with Crippen molar-refractivity contribution in [2.45, 2.75) is 32.1 Å². The molecule has 1 aliphatic heterocycles. The van der Waals surface area contributed by atoms with E-state index in [4.69, 9.17) is 0 Å². The third-order valence-electron chi connectivity index (χ3n) is 5.22. The summed E-state index contributed by atoms with van der Waals surface area (Å²) in [5.41, 5.74) is 3.18. The number of halogens is 1. The van der Waals surface area contributed by atoms with Crippen molar-refractivity contribution in [3.8, 4) is 0 Å². The summed E-state index contributed by atoms with van der Waals surface area (Å²) in [6.45, 7) is 6.47. The van der Waals surface area contributed by atoms with Crippen LogP contribution in [0.25, 0.3) is 0 Å². The summed E-state index contributed by atoms with van der Waals surface area (Å²) in [6, 6.07) is 9.05. The zero-order valence-corrected chi connectivity index (χ0v) is 18.0. The Labute approximate surface area is 169 Å². The van der Waals surface area contributed by atoms with Crippen LogP contribution < -0.4 is 5.56 Å². The van der Waals surface area contributed by atoms with Crippen LogP contribution in [0, 0.1) is 5.92 Å². The molecule has 0 bridgehead atoms. The van der Waals surface area contributed by atoms with Crippen LogP contribution in [0.15, 0.2) is 44.7 Å². The van der Waals surface area contributed by atoms with Gasteiger partial charge in [0.15, 0.2) is 0 Å². The van der Waals surface area contributed by atoms with Gasteiger partial charge in [0.25, 0.3) is 5.56 Å². The van der Waals surface area contributed by atoms with Crippen molar-refractivity contribution >= 4 is 27.8 Å². The highest BCUT2D eigenvalue weighted by Crippen LogP contribution is 2.30. The van der Waals surface area contributed by atoms with E-state index in [1.165, 1.54) is 15.8 Å². The van der Waals surface area contributed by atoms with Crippen molar-refractivity contribution in [2.24, 2.45) is 18.0 Å². The lowest BCUT2D eigenvalue weighted by atomic mass is 9.84. The van der Waals surface area contributed by atoms with E-state index in [1.807, 2.05) is 6.21 Å². The Balaban J connectivity index is 1.75. The summed E-state index contributed by atoms with van der Waals surface area (Å²) in [5.74, 6) is 1.39. The maximum Gasteiger partial charge on any atom is 0.282 e. The first kappa shape index (κ1) is 20.0. The lowest BCUT2D eigenvalue weighted by Crippen LogP contribution is -2.37. The number of likely N-dealkylation sites (tertiary alicyclic amines) is 1. The maximum absolute atomic E-state index is 12.0. The first-order valence-corrected chi connectivity index (χ1v) is 10.2. The maximum atomic E-state index is 12.0. The van der Waals surface area contributed by atoms with Gasteiger partial charge in [-0.05, 0) is 52.4 Å². The second kappa shape index (κ2) is 8.48. The Morgan fingerprint density at radius 2 is 1.93 bits per heavy atom. The first-order valence-electron chi connectivity index (χ1n) is 9.39. The van der Waals surface area contributed by atoms with Gasteiger partial charge in [-0.15, -0.1) is 0 Å². The summed E-state index contributed by atoms with van der Waals surface area (Å²) in [4.78, 5) is 18.9. The number of aliphatic imine (C=N–C) groups is 1. The fourth-order valence-corrected chi connectivity index (χ4v) is 4.11. The van der Waals surface area contributed by atoms with Crippen molar-refractivity contribution in [2.75, 3.05) is 20.1 Å². The molecule has 3 rings (SSSR count). The third kappa shape index (κ3) is 4.74. The molecule has 1 aromatic heterocycles. The molecule has 1 unspecified atom stereocenters. The molecule has 2 aromatic rings. The summed E-state index contributed by atoms with van der Waals surface area (Å²) < 4.78 is 1.76. The molecule has 2 heterocycles. The highest BCUT2D eigenvalue weighted by molar-refractivity contribution is 9.10. The lowest BCUT2D eigenvalue weighted by Gasteiger charge is -2.34. The van der Waals surface area contributed by atoms with Gasteiger partial charge >= 0.3 is 0 Å². The molecule has 5 nitrogen and oxygen atoms in total. The molecular formula is C21H27BrN4O. The number of piperidine rings is 1. The molecule has 27 heavy (non-hydrogen) atoms. The van der Waals surface area contributed by atoms with Crippen LogP contribution in [0.4, 0.5) is 5.69 Å². The molecule has 144 valence electrons. The minimum Gasteiger partial charge on any atom is -0.305 e. The van der Waals surface area contributed by atoms with Crippen LogP contribution in [0.5, 0.6) is 0 Å². The molecule has 1 aliphatic rings. The van der Waals surface area contributed by atoms with Gasteiger partial charge in [-0.3, -0.25) is 9.79 Å². The van der Waals surface area contributed by atoms with Crippen molar-refractivity contribution in [3.63, 3.8) is 0 Å². The van der Waals surface area contributed by atoms with Crippen molar-refractivity contribution in [1.29, 1.82) is 0 Å². The summed E-state index contributed by atoms with van der Waals surface area (Å²) in [6.07, 6.45) is 4.66. The number of aromatic nitrogens is 2. The quantitative estimate of drug-likeness (QED) is 0.685. The summed E-state index contributed by atoms with van der Waals surface area (Å²) in [5, 5.41) is 4.05. The molecular weight excluding hydrogens is 404 g/mol. The predicted octanol–water partition coefficient (Wildman–Crippen LogP) is 4.10. The molecule has 0 radical (unpaired) electrons. The SMILES string of the molecule is CC(C)c1ccc([C@H]2CC(C=Nc3cnn(C)c(=O)c3Br)CN(C)C2)cc1. The number of likely N-dealkylation sites (N-methyl/N-ethyl adjacent to an activating group) is 1. The van der Waals surface area contributed by atoms with E-state index in [1.54, 1.807) is 13.2 Å². The number of benzene rings is 1. The van der Waals surface area contributed by atoms with E-state index in [-0.39, 0.29) is 5.56 Å². The molecule has 0 aliphatic carbocycles. The highest BCUT2D eigenvalue weighted by atomic mass is 79.9. The fourth-order valence-electron chi connectivity index (χ4n) is 3.65. The number of hydrogen-bond donors (Lipinski definition) is 0. The first-order chi connectivity index (χ1) is 12.8. The Bertz CT molecular complexity index is 873. The van der Waals surface area contributed by atoms with E-state index >= 15 is 0 Å². The van der Waals surface area contributed by atoms with Gasteiger partial charge < -0.3 is 4.90 Å². The number of hydrogen-bond acceptors (Lipinski definition) is 4. The summed E-state index contributed by atoms with van der Waals surface area (Å²) >= 11 is 3.34. The zero-order valence-electron chi connectivity index (χ0n) is 16.4. The second-order valence-electron chi connectivity index (χ2n) is 7.79. The smallest absolute Gasteiger partial charge is 0.282 e. The highest BCUT2D eigenvalue weighted by Gasteiger charge is 2.25. The third-order valence-corrected chi connectivity index (χ3v) is 5.97. The number of rotatable bonds is 4. The van der Waals surface area contributed by atoms with Crippen LogP contribution >= 0.6 is 15.9 Å². The molecule has 0 N–H and O–H groups in total. The molecule has 6 heteroatoms. The van der Waals surface area contributed by atoms with E-state index in [0.29, 0.717) is 27.9 Å². The van der Waals surface area contributed by atoms with Gasteiger partial charge in [-0.1, -0.05) is 38.1 Å². The number of aryl methyl sites for hydroxylation is 1. The van der Waals surface area contributed by atoms with E-state index < -0.39 is 0 Å². The topological polar surface area (TPSA) is 50.5 Å². The number of nitrogens with zero attached hydrogens (tertiary/aromatic N) is 4. The Kier molecular flexibility index (Phi) is 6.27. The standard InChI is InChI=1S/C21H27BrN4O/c1-14(2)16-5-7-17(8-6-16)18-9-15(12-25(3)13-18)10-23-19-11-24-26(4)21(27)20(19)22/h5-8,10-11,14-15,18H,9,12-13H2,1-4H3/t15?,18-/m0/s1. The van der Waals surface area contributed by atoms with Crippen LogP contribution in [-0.4, -0.2) is 41.0 Å². The van der Waals surface area contributed by atoms with Gasteiger partial charge in [-0.2, -0.15) is 5.10 Å². The van der Waals surface area contributed by atoms with Crippen LogP contribution in [0.2, 0.25) is 0 Å². The van der Waals surface area contributed by atoms with Gasteiger partial charge in [-0.25, -0.2) is 4.68 Å². The van der Waals surface area contributed by atoms with Crippen molar-refractivity contribution < 1.29 is 0 Å². The van der Waals surface area contributed by atoms with Crippen LogP contribution in [0.3, 0.4) is 0 Å². The molecule has 0 spiro atoms. The monoisotopic (exact) mass is 430 g/mol. The molecule has 0 saturated carbocycles. The van der Waals surface area contributed by atoms with Gasteiger partial charge in [0.05, 0.1) is 6.20 Å². The normalized spacial score (nSPS) is 21.3. The molecule has 1 aromatic carbocycles. The van der Waals surface area contributed by atoms with Crippen LogP contribution in [-0.2, 0) is 7.05 Å². The molecule has 1 fully saturated rings. The van der Waals surface area contributed by atoms with Gasteiger partial charge in [0.2, 0.25) is 0 Å². The molecule has 1 saturated heterocycles. The summed E-state index contributed by atoms with van der Waals surface area (Å²) in [7, 11) is 3.79. The van der Waals surface area contributed by atoms with E-state index in [9.17, 15) is 4.79 Å². The molecule has 0 amide bonds. The Morgan fingerprint density at radius 3 is 2.59 bits per heavy atom.